The molecule has 0 saturated carbocycles. The summed E-state index contributed by atoms with van der Waals surface area (Å²) >= 11 is 0. The second kappa shape index (κ2) is 5.24. The molecular weight excluding hydrogens is 242 g/mol. The number of hydrogen-bond acceptors (Lipinski definition) is 4. The summed E-state index contributed by atoms with van der Waals surface area (Å²) in [6.45, 7) is 1.75. The standard InChI is InChI=1S/C14H15N3O2/c18-14(16-11-6-7-15-9-11)13-8-12(17-19-13)10-4-2-1-3-5-10/h1-5,8,11,15H,6-7,9H2,(H,16,18). The summed E-state index contributed by atoms with van der Waals surface area (Å²) in [5.74, 6) is 0.0501. The average Bonchev–Trinajstić information content (AvgIpc) is 3.10. The van der Waals surface area contributed by atoms with Crippen LogP contribution in [0.2, 0.25) is 0 Å². The number of aromatic nitrogens is 1. The summed E-state index contributed by atoms with van der Waals surface area (Å²) in [5.41, 5.74) is 1.61. The molecule has 1 atom stereocenters. The topological polar surface area (TPSA) is 67.2 Å². The number of rotatable bonds is 3. The molecule has 1 aromatic carbocycles. The fraction of sp³-hybridized carbons (Fsp3) is 0.286. The van der Waals surface area contributed by atoms with Gasteiger partial charge in [0.2, 0.25) is 5.76 Å². The molecule has 5 heteroatoms. The van der Waals surface area contributed by atoms with Crippen LogP contribution in [0.1, 0.15) is 17.0 Å². The highest BCUT2D eigenvalue weighted by atomic mass is 16.5. The van der Waals surface area contributed by atoms with Gasteiger partial charge in [0.1, 0.15) is 5.69 Å². The van der Waals surface area contributed by atoms with E-state index in [1.165, 1.54) is 0 Å². The van der Waals surface area contributed by atoms with Crippen molar-refractivity contribution in [2.45, 2.75) is 12.5 Å². The number of benzene rings is 1. The molecule has 3 rings (SSSR count). The van der Waals surface area contributed by atoms with Gasteiger partial charge in [-0.1, -0.05) is 35.5 Å². The minimum atomic E-state index is -0.205. The zero-order chi connectivity index (χ0) is 13.1. The quantitative estimate of drug-likeness (QED) is 0.873. The molecule has 19 heavy (non-hydrogen) atoms. The van der Waals surface area contributed by atoms with E-state index in [0.717, 1.165) is 25.1 Å². The average molecular weight is 257 g/mol. The number of nitrogens with one attached hydrogen (secondary N) is 2. The van der Waals surface area contributed by atoms with E-state index in [4.69, 9.17) is 4.52 Å². The highest BCUT2D eigenvalue weighted by Crippen LogP contribution is 2.18. The van der Waals surface area contributed by atoms with Crippen LogP contribution in [-0.4, -0.2) is 30.2 Å². The molecule has 0 bridgehead atoms. The third-order valence-electron chi connectivity index (χ3n) is 3.20. The molecule has 2 N–H and O–H groups in total. The van der Waals surface area contributed by atoms with Crippen molar-refractivity contribution >= 4 is 5.91 Å². The molecule has 1 amide bonds. The van der Waals surface area contributed by atoms with Gasteiger partial charge in [0, 0.05) is 24.2 Å². The van der Waals surface area contributed by atoms with Crippen molar-refractivity contribution in [3.8, 4) is 11.3 Å². The summed E-state index contributed by atoms with van der Waals surface area (Å²) in [4.78, 5) is 12.0. The maximum absolute atomic E-state index is 12.0. The van der Waals surface area contributed by atoms with Crippen molar-refractivity contribution in [3.63, 3.8) is 0 Å². The normalized spacial score (nSPS) is 18.4. The number of amides is 1. The van der Waals surface area contributed by atoms with Crippen molar-refractivity contribution in [1.29, 1.82) is 0 Å². The molecular formula is C14H15N3O2. The maximum Gasteiger partial charge on any atom is 0.290 e. The van der Waals surface area contributed by atoms with E-state index in [1.54, 1.807) is 6.07 Å². The molecule has 1 aromatic heterocycles. The summed E-state index contributed by atoms with van der Waals surface area (Å²) in [6.07, 6.45) is 0.950. The number of carbonyl (C=O) groups excluding carboxylic acids is 1. The van der Waals surface area contributed by atoms with Gasteiger partial charge in [-0.25, -0.2) is 0 Å². The summed E-state index contributed by atoms with van der Waals surface area (Å²) < 4.78 is 5.11. The van der Waals surface area contributed by atoms with Crippen molar-refractivity contribution in [2.75, 3.05) is 13.1 Å². The van der Waals surface area contributed by atoms with Crippen LogP contribution in [0.5, 0.6) is 0 Å². The van der Waals surface area contributed by atoms with Gasteiger partial charge in [-0.3, -0.25) is 4.79 Å². The third kappa shape index (κ3) is 2.66. The fourth-order valence-corrected chi connectivity index (χ4v) is 2.16. The lowest BCUT2D eigenvalue weighted by Gasteiger charge is -2.08. The van der Waals surface area contributed by atoms with Crippen molar-refractivity contribution in [1.82, 2.24) is 15.8 Å². The minimum Gasteiger partial charge on any atom is -0.350 e. The predicted octanol–water partition coefficient (Wildman–Crippen LogP) is 1.43. The van der Waals surface area contributed by atoms with Crippen molar-refractivity contribution < 1.29 is 9.32 Å². The predicted molar refractivity (Wildman–Crippen MR) is 70.7 cm³/mol. The van der Waals surface area contributed by atoms with Gasteiger partial charge in [0.15, 0.2) is 0 Å². The van der Waals surface area contributed by atoms with Crippen LogP contribution < -0.4 is 10.6 Å². The molecule has 1 unspecified atom stereocenters. The summed E-state index contributed by atoms with van der Waals surface area (Å²) in [7, 11) is 0. The Kier molecular flexibility index (Phi) is 3.29. The van der Waals surface area contributed by atoms with Crippen LogP contribution in [-0.2, 0) is 0 Å². The van der Waals surface area contributed by atoms with Gasteiger partial charge in [0.05, 0.1) is 0 Å². The van der Waals surface area contributed by atoms with Crippen molar-refractivity contribution in [2.24, 2.45) is 0 Å². The molecule has 0 spiro atoms. The molecule has 2 aromatic rings. The lowest BCUT2D eigenvalue weighted by molar-refractivity contribution is 0.0903. The Bertz CT molecular complexity index is 559. The first-order valence-electron chi connectivity index (χ1n) is 6.36. The Hall–Kier alpha value is -2.14. The maximum atomic E-state index is 12.0. The SMILES string of the molecule is O=C(NC1CCNC1)c1cc(-c2ccccc2)no1. The van der Waals surface area contributed by atoms with E-state index in [-0.39, 0.29) is 17.7 Å². The smallest absolute Gasteiger partial charge is 0.290 e. The minimum absolute atomic E-state index is 0.178. The molecule has 0 aliphatic carbocycles. The zero-order valence-electron chi connectivity index (χ0n) is 10.4. The molecule has 5 nitrogen and oxygen atoms in total. The van der Waals surface area contributed by atoms with Gasteiger partial charge >= 0.3 is 0 Å². The molecule has 1 aliphatic heterocycles. The third-order valence-corrected chi connectivity index (χ3v) is 3.20. The molecule has 0 radical (unpaired) electrons. The second-order valence-electron chi connectivity index (χ2n) is 4.61. The Labute approximate surface area is 111 Å². The molecule has 1 fully saturated rings. The van der Waals surface area contributed by atoms with Gasteiger partial charge in [-0.2, -0.15) is 0 Å². The highest BCUT2D eigenvalue weighted by molar-refractivity contribution is 5.92. The van der Waals surface area contributed by atoms with Gasteiger partial charge < -0.3 is 15.2 Å². The molecule has 1 saturated heterocycles. The summed E-state index contributed by atoms with van der Waals surface area (Å²) in [5, 5.41) is 10.1. The van der Waals surface area contributed by atoms with Gasteiger partial charge in [-0.15, -0.1) is 0 Å². The lowest BCUT2D eigenvalue weighted by atomic mass is 10.1. The number of hydrogen-bond donors (Lipinski definition) is 2. The first-order valence-corrected chi connectivity index (χ1v) is 6.36. The lowest BCUT2D eigenvalue weighted by Crippen LogP contribution is -2.35. The monoisotopic (exact) mass is 257 g/mol. The molecule has 98 valence electrons. The number of nitrogens with zero attached hydrogens (tertiary/aromatic N) is 1. The summed E-state index contributed by atoms with van der Waals surface area (Å²) in [6, 6.07) is 11.5. The first kappa shape index (κ1) is 11.9. The van der Waals surface area contributed by atoms with Crippen LogP contribution in [0.25, 0.3) is 11.3 Å². The Morgan fingerprint density at radius 2 is 2.21 bits per heavy atom. The second-order valence-corrected chi connectivity index (χ2v) is 4.61. The van der Waals surface area contributed by atoms with E-state index >= 15 is 0 Å². The Morgan fingerprint density at radius 1 is 1.37 bits per heavy atom. The van der Waals surface area contributed by atoms with Gasteiger partial charge in [0.25, 0.3) is 5.91 Å². The van der Waals surface area contributed by atoms with E-state index in [2.05, 4.69) is 15.8 Å². The highest BCUT2D eigenvalue weighted by Gasteiger charge is 2.20. The fourth-order valence-electron chi connectivity index (χ4n) is 2.16. The van der Waals surface area contributed by atoms with E-state index in [9.17, 15) is 4.79 Å². The van der Waals surface area contributed by atoms with E-state index in [1.807, 2.05) is 30.3 Å². The van der Waals surface area contributed by atoms with Crippen LogP contribution in [0.4, 0.5) is 0 Å². The Balaban J connectivity index is 1.72. The zero-order valence-corrected chi connectivity index (χ0v) is 10.4. The molecule has 1 aliphatic rings. The number of carbonyl (C=O) groups is 1. The van der Waals surface area contributed by atoms with Gasteiger partial charge in [-0.05, 0) is 13.0 Å². The van der Waals surface area contributed by atoms with Crippen LogP contribution in [0.15, 0.2) is 40.9 Å². The Morgan fingerprint density at radius 3 is 2.95 bits per heavy atom. The largest absolute Gasteiger partial charge is 0.350 e. The van der Waals surface area contributed by atoms with E-state index < -0.39 is 0 Å². The van der Waals surface area contributed by atoms with Crippen LogP contribution >= 0.6 is 0 Å². The van der Waals surface area contributed by atoms with Crippen LogP contribution in [0.3, 0.4) is 0 Å². The van der Waals surface area contributed by atoms with Crippen molar-refractivity contribution in [3.05, 3.63) is 42.2 Å². The first-order chi connectivity index (χ1) is 9.33. The van der Waals surface area contributed by atoms with E-state index in [0.29, 0.717) is 5.69 Å². The molecule has 2 heterocycles. The van der Waals surface area contributed by atoms with Crippen LogP contribution in [0, 0.1) is 0 Å².